The molecule has 1 atom stereocenters. The van der Waals surface area contributed by atoms with E-state index in [0.29, 0.717) is 6.42 Å². The van der Waals surface area contributed by atoms with Crippen LogP contribution in [0, 0.1) is 4.91 Å². The summed E-state index contributed by atoms with van der Waals surface area (Å²) >= 11 is 2.14. The average molecular weight is 229 g/mol. The van der Waals surface area contributed by atoms with E-state index in [-0.39, 0.29) is 6.54 Å². The van der Waals surface area contributed by atoms with Crippen LogP contribution in [0.4, 0.5) is 0 Å². The van der Waals surface area contributed by atoms with Gasteiger partial charge in [0.15, 0.2) is 0 Å². The molecule has 0 aromatic rings. The third-order valence-electron chi connectivity index (χ3n) is 0.728. The number of aliphatic hydroxyl groups excluding tert-OH is 1. The van der Waals surface area contributed by atoms with Crippen molar-refractivity contribution in [3.8, 4) is 0 Å². The molecule has 0 aliphatic heterocycles. The Hall–Kier alpha value is 0.290. The van der Waals surface area contributed by atoms with Crippen molar-refractivity contribution in [3.63, 3.8) is 0 Å². The van der Waals surface area contributed by atoms with Crippen molar-refractivity contribution in [1.82, 2.24) is 0 Å². The molecule has 0 heterocycles. The molecule has 8 heavy (non-hydrogen) atoms. The standard InChI is InChI=1S/C4H8INO2/c5-2-1-4(7)3-6-8/h4,7H,1-3H2/t4-/m0/s1. The lowest BCUT2D eigenvalue weighted by molar-refractivity contribution is 0.181. The normalized spacial score (nSPS) is 13.2. The monoisotopic (exact) mass is 229 g/mol. The minimum atomic E-state index is -0.524. The maximum Gasteiger partial charge on any atom is 0.107 e. The molecule has 0 saturated heterocycles. The summed E-state index contributed by atoms with van der Waals surface area (Å²) in [5.74, 6) is 0. The topological polar surface area (TPSA) is 49.7 Å². The fraction of sp³-hybridized carbons (Fsp3) is 1.00. The van der Waals surface area contributed by atoms with Crippen LogP contribution in [-0.2, 0) is 0 Å². The molecular formula is C4H8INO2. The van der Waals surface area contributed by atoms with Crippen LogP contribution >= 0.6 is 22.6 Å². The number of hydrogen-bond acceptors (Lipinski definition) is 3. The van der Waals surface area contributed by atoms with E-state index >= 15 is 0 Å². The van der Waals surface area contributed by atoms with Gasteiger partial charge in [0.05, 0.1) is 6.10 Å². The molecule has 3 nitrogen and oxygen atoms in total. The van der Waals surface area contributed by atoms with Crippen LogP contribution in [0.1, 0.15) is 6.42 Å². The molecule has 0 amide bonds. The molecule has 4 heteroatoms. The first kappa shape index (κ1) is 8.29. The van der Waals surface area contributed by atoms with Gasteiger partial charge >= 0.3 is 0 Å². The second-order valence-electron chi connectivity index (χ2n) is 1.44. The molecule has 0 fully saturated rings. The highest BCUT2D eigenvalue weighted by Crippen LogP contribution is 1.95. The van der Waals surface area contributed by atoms with Crippen molar-refractivity contribution in [2.24, 2.45) is 5.18 Å². The Labute approximate surface area is 61.6 Å². The predicted octanol–water partition coefficient (Wildman–Crippen LogP) is 0.939. The number of rotatable bonds is 4. The minimum absolute atomic E-state index is 0.0308. The quantitative estimate of drug-likeness (QED) is 0.443. The first-order chi connectivity index (χ1) is 3.81. The molecule has 0 unspecified atom stereocenters. The van der Waals surface area contributed by atoms with Gasteiger partial charge in [-0.2, -0.15) is 4.91 Å². The number of aliphatic hydroxyl groups is 1. The van der Waals surface area contributed by atoms with E-state index in [2.05, 4.69) is 27.8 Å². The van der Waals surface area contributed by atoms with Gasteiger partial charge in [0.25, 0.3) is 0 Å². The molecule has 1 N–H and O–H groups in total. The first-order valence-corrected chi connectivity index (χ1v) is 3.87. The second-order valence-corrected chi connectivity index (χ2v) is 2.52. The van der Waals surface area contributed by atoms with Crippen LogP contribution in [0.2, 0.25) is 0 Å². The Bertz CT molecular complexity index is 69.1. The zero-order valence-corrected chi connectivity index (χ0v) is 6.54. The largest absolute Gasteiger partial charge is 0.391 e. The lowest BCUT2D eigenvalue weighted by atomic mass is 10.3. The fourth-order valence-electron chi connectivity index (χ4n) is 0.303. The van der Waals surface area contributed by atoms with E-state index in [0.717, 1.165) is 4.43 Å². The highest BCUT2D eigenvalue weighted by molar-refractivity contribution is 14.1. The maximum atomic E-state index is 9.48. The Morgan fingerprint density at radius 2 is 2.38 bits per heavy atom. The summed E-state index contributed by atoms with van der Waals surface area (Å²) in [5.41, 5.74) is 0. The zero-order valence-electron chi connectivity index (χ0n) is 4.38. The lowest BCUT2D eigenvalue weighted by Crippen LogP contribution is -2.10. The summed E-state index contributed by atoms with van der Waals surface area (Å²) in [5, 5.41) is 11.3. The van der Waals surface area contributed by atoms with E-state index in [4.69, 9.17) is 5.11 Å². The van der Waals surface area contributed by atoms with Crippen molar-refractivity contribution < 1.29 is 5.11 Å². The van der Waals surface area contributed by atoms with Crippen molar-refractivity contribution in [2.75, 3.05) is 11.0 Å². The minimum Gasteiger partial charge on any atom is -0.391 e. The molecule has 0 saturated carbocycles. The van der Waals surface area contributed by atoms with Gasteiger partial charge in [-0.15, -0.1) is 0 Å². The molecule has 0 rings (SSSR count). The van der Waals surface area contributed by atoms with Crippen molar-refractivity contribution in [3.05, 3.63) is 4.91 Å². The molecule has 0 bridgehead atoms. The van der Waals surface area contributed by atoms with Gasteiger partial charge < -0.3 is 5.11 Å². The van der Waals surface area contributed by atoms with Crippen molar-refractivity contribution in [1.29, 1.82) is 0 Å². The molecule has 0 aliphatic carbocycles. The number of alkyl halides is 1. The Kier molecular flexibility index (Phi) is 5.62. The zero-order chi connectivity index (χ0) is 6.41. The first-order valence-electron chi connectivity index (χ1n) is 2.34. The third-order valence-corrected chi connectivity index (χ3v) is 1.35. The third kappa shape index (κ3) is 4.45. The summed E-state index contributed by atoms with van der Waals surface area (Å²) in [6, 6.07) is 0. The van der Waals surface area contributed by atoms with Crippen molar-refractivity contribution in [2.45, 2.75) is 12.5 Å². The lowest BCUT2D eigenvalue weighted by Gasteiger charge is -1.99. The number of halogens is 1. The smallest absolute Gasteiger partial charge is 0.107 e. The molecule has 0 aliphatic rings. The predicted molar refractivity (Wildman–Crippen MR) is 40.2 cm³/mol. The summed E-state index contributed by atoms with van der Waals surface area (Å²) in [7, 11) is 0. The summed E-state index contributed by atoms with van der Waals surface area (Å²) in [4.78, 5) is 9.48. The van der Waals surface area contributed by atoms with Gasteiger partial charge in [0.1, 0.15) is 6.54 Å². The number of nitrogens with zero attached hydrogens (tertiary/aromatic N) is 1. The molecule has 48 valence electrons. The molecule has 0 aromatic heterocycles. The van der Waals surface area contributed by atoms with E-state index in [9.17, 15) is 4.91 Å². The van der Waals surface area contributed by atoms with Crippen LogP contribution < -0.4 is 0 Å². The summed E-state index contributed by atoms with van der Waals surface area (Å²) < 4.78 is 0.869. The number of hydrogen-bond donors (Lipinski definition) is 1. The van der Waals surface area contributed by atoms with Crippen LogP contribution in [0.3, 0.4) is 0 Å². The summed E-state index contributed by atoms with van der Waals surface area (Å²) in [6.45, 7) is 0.0308. The maximum absolute atomic E-state index is 9.48. The number of nitroso groups, excluding NO2 is 1. The van der Waals surface area contributed by atoms with Gasteiger partial charge in [-0.25, -0.2) is 0 Å². The highest BCUT2D eigenvalue weighted by Gasteiger charge is 1.99. The van der Waals surface area contributed by atoms with Gasteiger partial charge in [-0.1, -0.05) is 27.8 Å². The van der Waals surface area contributed by atoms with Gasteiger partial charge in [-0.05, 0) is 6.42 Å². The molecule has 0 aromatic carbocycles. The van der Waals surface area contributed by atoms with Crippen molar-refractivity contribution >= 4 is 22.6 Å². The molecule has 0 spiro atoms. The molecular weight excluding hydrogens is 221 g/mol. The van der Waals surface area contributed by atoms with Gasteiger partial charge in [0, 0.05) is 4.43 Å². The van der Waals surface area contributed by atoms with Gasteiger partial charge in [0.2, 0.25) is 0 Å². The Balaban J connectivity index is 3.03. The Morgan fingerprint density at radius 1 is 1.75 bits per heavy atom. The van der Waals surface area contributed by atoms with Crippen LogP contribution in [0.25, 0.3) is 0 Å². The van der Waals surface area contributed by atoms with E-state index in [1.165, 1.54) is 0 Å². The highest BCUT2D eigenvalue weighted by atomic mass is 127. The van der Waals surface area contributed by atoms with Crippen LogP contribution in [0.15, 0.2) is 5.18 Å². The SMILES string of the molecule is O=NC[C@@H](O)CCI. The average Bonchev–Trinajstić information content (AvgIpc) is 1.68. The Morgan fingerprint density at radius 3 is 2.75 bits per heavy atom. The van der Waals surface area contributed by atoms with E-state index in [1.807, 2.05) is 0 Å². The fourth-order valence-corrected chi connectivity index (χ4v) is 1.02. The molecule has 0 radical (unpaired) electrons. The van der Waals surface area contributed by atoms with E-state index in [1.54, 1.807) is 0 Å². The van der Waals surface area contributed by atoms with Crippen LogP contribution in [-0.4, -0.2) is 22.2 Å². The van der Waals surface area contributed by atoms with Gasteiger partial charge in [-0.3, -0.25) is 0 Å². The second kappa shape index (κ2) is 5.43. The summed E-state index contributed by atoms with van der Waals surface area (Å²) in [6.07, 6.45) is 0.135. The van der Waals surface area contributed by atoms with E-state index < -0.39 is 6.10 Å². The van der Waals surface area contributed by atoms with Crippen LogP contribution in [0.5, 0.6) is 0 Å².